The number of hydrogen-bond donors (Lipinski definition) is 0. The number of carbonyl (C=O) groups is 1. The van der Waals surface area contributed by atoms with Crippen molar-refractivity contribution in [3.8, 4) is 5.69 Å². The Morgan fingerprint density at radius 2 is 1.78 bits per heavy atom. The van der Waals surface area contributed by atoms with E-state index in [0.29, 0.717) is 18.5 Å². The fraction of sp³-hybridized carbons (Fsp3) is 0.474. The zero-order valence-electron chi connectivity index (χ0n) is 13.4. The maximum Gasteiger partial charge on any atom is 0.227 e. The smallest absolute Gasteiger partial charge is 0.227 e. The van der Waals surface area contributed by atoms with Gasteiger partial charge in [0.15, 0.2) is 0 Å². The fourth-order valence-electron chi connectivity index (χ4n) is 3.68. The van der Waals surface area contributed by atoms with Crippen LogP contribution in [0, 0.1) is 0 Å². The average molecular weight is 309 g/mol. The fourth-order valence-corrected chi connectivity index (χ4v) is 3.68. The Balaban J connectivity index is 1.46. The highest BCUT2D eigenvalue weighted by molar-refractivity contribution is 5.79. The molecular weight excluding hydrogens is 286 g/mol. The highest BCUT2D eigenvalue weighted by Crippen LogP contribution is 2.34. The first-order chi connectivity index (χ1) is 11.3. The largest absolute Gasteiger partial charge is 0.336 e. The Morgan fingerprint density at radius 1 is 1.09 bits per heavy atom. The third kappa shape index (κ3) is 3.16. The summed E-state index contributed by atoms with van der Waals surface area (Å²) in [7, 11) is 0. The molecule has 0 unspecified atom stereocenters. The Morgan fingerprint density at radius 3 is 2.48 bits per heavy atom. The molecule has 2 aromatic rings. The van der Waals surface area contributed by atoms with Crippen LogP contribution in [0.1, 0.15) is 44.1 Å². The van der Waals surface area contributed by atoms with Crippen LogP contribution in [-0.2, 0) is 11.2 Å². The molecule has 0 aliphatic heterocycles. The zero-order chi connectivity index (χ0) is 15.6. The summed E-state index contributed by atoms with van der Waals surface area (Å²) in [4.78, 5) is 15.0. The molecule has 120 valence electrons. The summed E-state index contributed by atoms with van der Waals surface area (Å²) in [6, 6.07) is 11.0. The minimum atomic E-state index is 0.284. The minimum Gasteiger partial charge on any atom is -0.336 e. The summed E-state index contributed by atoms with van der Waals surface area (Å²) in [6.07, 6.45) is 11.6. The molecule has 0 bridgehead atoms. The van der Waals surface area contributed by atoms with Gasteiger partial charge in [0.05, 0.1) is 18.3 Å². The van der Waals surface area contributed by atoms with Crippen LogP contribution in [0.4, 0.5) is 0 Å². The number of para-hydroxylation sites is 1. The molecule has 0 saturated heterocycles. The van der Waals surface area contributed by atoms with Crippen LogP contribution in [0.25, 0.3) is 5.69 Å². The van der Waals surface area contributed by atoms with E-state index in [1.165, 1.54) is 38.5 Å². The molecule has 2 aliphatic carbocycles. The summed E-state index contributed by atoms with van der Waals surface area (Å²) in [6.45, 7) is 0. The molecular formula is C19H23N3O. The number of amides is 1. The van der Waals surface area contributed by atoms with E-state index in [0.717, 1.165) is 11.3 Å². The van der Waals surface area contributed by atoms with Gasteiger partial charge in [-0.05, 0) is 43.4 Å². The van der Waals surface area contributed by atoms with E-state index in [4.69, 9.17) is 0 Å². The Kier molecular flexibility index (Phi) is 3.90. The third-order valence-corrected chi connectivity index (χ3v) is 4.96. The maximum atomic E-state index is 12.8. The summed E-state index contributed by atoms with van der Waals surface area (Å²) in [5.41, 5.74) is 2.03. The van der Waals surface area contributed by atoms with Crippen molar-refractivity contribution in [3.05, 3.63) is 48.3 Å². The minimum absolute atomic E-state index is 0.284. The van der Waals surface area contributed by atoms with Gasteiger partial charge in [0.2, 0.25) is 5.91 Å². The van der Waals surface area contributed by atoms with E-state index in [2.05, 4.69) is 10.00 Å². The monoisotopic (exact) mass is 309 g/mol. The average Bonchev–Trinajstić information content (AvgIpc) is 3.06. The first kappa shape index (κ1) is 14.5. The molecule has 4 rings (SSSR count). The first-order valence-electron chi connectivity index (χ1n) is 8.71. The molecule has 1 aromatic heterocycles. The third-order valence-electron chi connectivity index (χ3n) is 4.96. The van der Waals surface area contributed by atoms with Crippen molar-refractivity contribution in [3.63, 3.8) is 0 Å². The number of benzene rings is 1. The number of nitrogens with zero attached hydrogens (tertiary/aromatic N) is 3. The summed E-state index contributed by atoms with van der Waals surface area (Å²) < 4.78 is 1.85. The molecule has 0 N–H and O–H groups in total. The lowest BCUT2D eigenvalue weighted by atomic mass is 10.1. The summed E-state index contributed by atoms with van der Waals surface area (Å²) in [5, 5.41) is 4.40. The van der Waals surface area contributed by atoms with Crippen LogP contribution in [0.2, 0.25) is 0 Å². The maximum absolute atomic E-state index is 12.8. The predicted octanol–water partition coefficient (Wildman–Crippen LogP) is 3.35. The number of hydrogen-bond acceptors (Lipinski definition) is 2. The van der Waals surface area contributed by atoms with E-state index in [-0.39, 0.29) is 5.91 Å². The lowest BCUT2D eigenvalue weighted by Crippen LogP contribution is -2.41. The lowest BCUT2D eigenvalue weighted by Gasteiger charge is -2.29. The van der Waals surface area contributed by atoms with Crippen molar-refractivity contribution in [1.29, 1.82) is 0 Å². The second-order valence-corrected chi connectivity index (χ2v) is 6.78. The standard InChI is InChI=1S/C19H23N3O/c23-19(22(18-10-11-18)17-8-4-5-9-17)12-15-13-20-21(14-15)16-6-2-1-3-7-16/h1-3,6-7,13-14,17-18H,4-5,8-12H2. The molecule has 0 spiro atoms. The molecule has 0 radical (unpaired) electrons. The van der Waals surface area contributed by atoms with Gasteiger partial charge in [0.1, 0.15) is 0 Å². The molecule has 2 aliphatic rings. The second-order valence-electron chi connectivity index (χ2n) is 6.78. The van der Waals surface area contributed by atoms with E-state index < -0.39 is 0 Å². The molecule has 0 atom stereocenters. The van der Waals surface area contributed by atoms with Crippen LogP contribution in [0.15, 0.2) is 42.7 Å². The Hall–Kier alpha value is -2.10. The van der Waals surface area contributed by atoms with Gasteiger partial charge in [-0.2, -0.15) is 5.10 Å². The quantitative estimate of drug-likeness (QED) is 0.849. The van der Waals surface area contributed by atoms with Crippen molar-refractivity contribution >= 4 is 5.91 Å². The van der Waals surface area contributed by atoms with Crippen LogP contribution in [0.5, 0.6) is 0 Å². The highest BCUT2D eigenvalue weighted by atomic mass is 16.2. The van der Waals surface area contributed by atoms with E-state index >= 15 is 0 Å². The molecule has 23 heavy (non-hydrogen) atoms. The Bertz CT molecular complexity index is 669. The van der Waals surface area contributed by atoms with Gasteiger partial charge >= 0.3 is 0 Å². The van der Waals surface area contributed by atoms with Gasteiger partial charge in [-0.25, -0.2) is 4.68 Å². The predicted molar refractivity (Wildman–Crippen MR) is 89.4 cm³/mol. The van der Waals surface area contributed by atoms with Crippen molar-refractivity contribution in [2.45, 2.75) is 57.0 Å². The molecule has 1 heterocycles. The van der Waals surface area contributed by atoms with Crippen LogP contribution in [-0.4, -0.2) is 32.7 Å². The number of aromatic nitrogens is 2. The number of rotatable bonds is 5. The van der Waals surface area contributed by atoms with Crippen LogP contribution < -0.4 is 0 Å². The molecule has 4 heteroatoms. The Labute approximate surface area is 137 Å². The normalized spacial score (nSPS) is 18.3. The first-order valence-corrected chi connectivity index (χ1v) is 8.71. The van der Waals surface area contributed by atoms with Crippen molar-refractivity contribution in [2.75, 3.05) is 0 Å². The van der Waals surface area contributed by atoms with Gasteiger partial charge in [-0.3, -0.25) is 4.79 Å². The highest BCUT2D eigenvalue weighted by Gasteiger charge is 2.38. The summed E-state index contributed by atoms with van der Waals surface area (Å²) >= 11 is 0. The van der Waals surface area contributed by atoms with Crippen LogP contribution in [0.3, 0.4) is 0 Å². The van der Waals surface area contributed by atoms with Crippen LogP contribution >= 0.6 is 0 Å². The van der Waals surface area contributed by atoms with Crippen molar-refractivity contribution in [2.24, 2.45) is 0 Å². The molecule has 1 aromatic carbocycles. The van der Waals surface area contributed by atoms with E-state index in [1.54, 1.807) is 0 Å². The van der Waals surface area contributed by atoms with Gasteiger partial charge in [-0.1, -0.05) is 31.0 Å². The molecule has 2 fully saturated rings. The van der Waals surface area contributed by atoms with E-state index in [9.17, 15) is 4.79 Å². The zero-order valence-corrected chi connectivity index (χ0v) is 13.4. The van der Waals surface area contributed by atoms with Gasteiger partial charge in [0.25, 0.3) is 0 Å². The second kappa shape index (κ2) is 6.19. The van der Waals surface area contributed by atoms with Gasteiger partial charge in [0, 0.05) is 18.3 Å². The van der Waals surface area contributed by atoms with Crippen molar-refractivity contribution in [1.82, 2.24) is 14.7 Å². The molecule has 1 amide bonds. The number of carbonyl (C=O) groups excluding carboxylic acids is 1. The lowest BCUT2D eigenvalue weighted by molar-refractivity contribution is -0.133. The molecule has 2 saturated carbocycles. The van der Waals surface area contributed by atoms with Gasteiger partial charge in [-0.15, -0.1) is 0 Å². The van der Waals surface area contributed by atoms with Gasteiger partial charge < -0.3 is 4.90 Å². The SMILES string of the molecule is O=C(Cc1cnn(-c2ccccc2)c1)N(C1CCCC1)C1CC1. The summed E-state index contributed by atoms with van der Waals surface area (Å²) in [5.74, 6) is 0.284. The van der Waals surface area contributed by atoms with E-state index in [1.807, 2.05) is 47.4 Å². The molecule has 4 nitrogen and oxygen atoms in total. The van der Waals surface area contributed by atoms with Crippen molar-refractivity contribution < 1.29 is 4.79 Å². The topological polar surface area (TPSA) is 38.1 Å².